The third-order valence-electron chi connectivity index (χ3n) is 7.64. The molecule has 0 saturated heterocycles. The zero-order valence-electron chi connectivity index (χ0n) is 23.7. The van der Waals surface area contributed by atoms with E-state index in [0.29, 0.717) is 17.4 Å². The minimum atomic E-state index is -4.66. The van der Waals surface area contributed by atoms with Crippen molar-refractivity contribution in [3.63, 3.8) is 0 Å². The number of carboxylic acid groups (broad SMARTS) is 1. The molecule has 0 bridgehead atoms. The Morgan fingerprint density at radius 2 is 1.88 bits per heavy atom. The van der Waals surface area contributed by atoms with Crippen LogP contribution in [0.1, 0.15) is 80.5 Å². The van der Waals surface area contributed by atoms with Gasteiger partial charge in [-0.15, -0.1) is 11.3 Å². The number of nitriles is 1. The number of halogens is 3. The van der Waals surface area contributed by atoms with Crippen LogP contribution in [0.5, 0.6) is 5.75 Å². The van der Waals surface area contributed by atoms with Crippen molar-refractivity contribution in [2.75, 3.05) is 6.61 Å². The Kier molecular flexibility index (Phi) is 8.89. The van der Waals surface area contributed by atoms with Gasteiger partial charge in [0.1, 0.15) is 33.2 Å². The number of fused-ring (bicyclic) bond motifs is 1. The summed E-state index contributed by atoms with van der Waals surface area (Å²) in [7, 11) is 0. The number of aryl methyl sites for hydroxylation is 1. The minimum absolute atomic E-state index is 0.00374. The molecule has 42 heavy (non-hydrogen) atoms. The first-order valence-electron chi connectivity index (χ1n) is 13.6. The summed E-state index contributed by atoms with van der Waals surface area (Å²) in [5.74, 6) is -1.29. The molecule has 3 aromatic rings. The number of ether oxygens (including phenoxy) is 2. The molecule has 0 spiro atoms. The number of carboxylic acids is 1. The molecule has 1 saturated carbocycles. The van der Waals surface area contributed by atoms with Crippen LogP contribution in [0.25, 0.3) is 10.2 Å². The van der Waals surface area contributed by atoms with E-state index >= 15 is 0 Å². The third kappa shape index (κ3) is 5.83. The minimum Gasteiger partial charge on any atom is -0.493 e. The predicted octanol–water partition coefficient (Wildman–Crippen LogP) is 5.73. The van der Waals surface area contributed by atoms with E-state index in [9.17, 15) is 37.9 Å². The molecule has 1 aliphatic rings. The van der Waals surface area contributed by atoms with Crippen molar-refractivity contribution < 1.29 is 32.5 Å². The van der Waals surface area contributed by atoms with Gasteiger partial charge in [0.2, 0.25) is 0 Å². The second kappa shape index (κ2) is 11.9. The molecule has 0 amide bonds. The highest BCUT2D eigenvalue weighted by Crippen LogP contribution is 2.39. The number of aliphatic carboxylic acids is 1. The van der Waals surface area contributed by atoms with Crippen molar-refractivity contribution in [2.45, 2.75) is 90.3 Å². The van der Waals surface area contributed by atoms with Gasteiger partial charge >= 0.3 is 17.8 Å². The number of rotatable bonds is 9. The Hall–Kier alpha value is -3.63. The molecule has 1 aliphatic carbocycles. The number of alkyl halides is 3. The molecule has 4 rings (SSSR count). The summed E-state index contributed by atoms with van der Waals surface area (Å²) in [6.07, 6.45) is -2.02. The summed E-state index contributed by atoms with van der Waals surface area (Å²) in [6, 6.07) is 5.07. The van der Waals surface area contributed by atoms with Gasteiger partial charge in [-0.1, -0.05) is 19.3 Å². The van der Waals surface area contributed by atoms with Crippen molar-refractivity contribution in [3.05, 3.63) is 60.6 Å². The number of carbonyl (C=O) groups is 1. The zero-order chi connectivity index (χ0) is 31.0. The van der Waals surface area contributed by atoms with Crippen LogP contribution in [-0.2, 0) is 27.8 Å². The quantitative estimate of drug-likeness (QED) is 0.329. The maximum absolute atomic E-state index is 14.0. The molecule has 0 aliphatic heterocycles. The lowest BCUT2D eigenvalue weighted by molar-refractivity contribution is -0.146. The molecule has 2 aromatic heterocycles. The average Bonchev–Trinajstić information content (AvgIpc) is 3.27. The summed E-state index contributed by atoms with van der Waals surface area (Å²) in [5.41, 5.74) is -4.39. The van der Waals surface area contributed by atoms with Gasteiger partial charge in [0.05, 0.1) is 30.2 Å². The standard InChI is InChI=1S/C29H32F3N3O6S/c1-5-40-20-12-11-17(29(30,31)32)13-19(20)21(41-18-9-7-6-8-10-18)15-34-25-23(16(2)22(14-33)42-25)24(36)35(27(34)39)28(3,4)26(37)38/h11-13,18,21H,5-10,15H2,1-4H3,(H,37,38). The van der Waals surface area contributed by atoms with Crippen LogP contribution in [0.3, 0.4) is 0 Å². The van der Waals surface area contributed by atoms with Crippen molar-refractivity contribution in [3.8, 4) is 11.8 Å². The van der Waals surface area contributed by atoms with E-state index < -0.39 is 40.6 Å². The monoisotopic (exact) mass is 607 g/mol. The van der Waals surface area contributed by atoms with E-state index in [1.54, 1.807) is 6.92 Å². The molecule has 226 valence electrons. The van der Waals surface area contributed by atoms with Crippen LogP contribution in [0, 0.1) is 18.3 Å². The fourth-order valence-corrected chi connectivity index (χ4v) is 6.38. The van der Waals surface area contributed by atoms with Gasteiger partial charge in [0.25, 0.3) is 5.56 Å². The molecule has 13 heteroatoms. The van der Waals surface area contributed by atoms with E-state index in [1.807, 2.05) is 6.07 Å². The largest absolute Gasteiger partial charge is 0.493 e. The summed E-state index contributed by atoms with van der Waals surface area (Å²) in [5, 5.41) is 19.6. The Morgan fingerprint density at radius 3 is 2.45 bits per heavy atom. The highest BCUT2D eigenvalue weighted by molar-refractivity contribution is 7.19. The normalized spacial score (nSPS) is 15.5. The van der Waals surface area contributed by atoms with E-state index in [4.69, 9.17) is 9.47 Å². The van der Waals surface area contributed by atoms with Crippen LogP contribution < -0.4 is 16.0 Å². The number of thiophene rings is 1. The van der Waals surface area contributed by atoms with Crippen molar-refractivity contribution in [2.24, 2.45) is 0 Å². The first-order chi connectivity index (χ1) is 19.7. The maximum Gasteiger partial charge on any atom is 0.416 e. The first-order valence-corrected chi connectivity index (χ1v) is 14.5. The van der Waals surface area contributed by atoms with E-state index in [-0.39, 0.29) is 51.2 Å². The van der Waals surface area contributed by atoms with E-state index in [0.717, 1.165) is 47.3 Å². The SMILES string of the molecule is CCOc1ccc(C(F)(F)F)cc1C(Cn1c(=O)n(C(C)(C)C(=O)O)c(=O)c2c(C)c(C#N)sc21)OC1CCCCC1. The number of aromatic nitrogens is 2. The van der Waals surface area contributed by atoms with Gasteiger partial charge in [-0.2, -0.15) is 18.4 Å². The van der Waals surface area contributed by atoms with E-state index in [1.165, 1.54) is 26.8 Å². The van der Waals surface area contributed by atoms with Crippen LogP contribution >= 0.6 is 11.3 Å². The van der Waals surface area contributed by atoms with Gasteiger partial charge in [-0.05, 0) is 64.3 Å². The molecule has 1 atom stereocenters. The number of hydrogen-bond donors (Lipinski definition) is 1. The van der Waals surface area contributed by atoms with Crippen molar-refractivity contribution in [1.82, 2.24) is 9.13 Å². The maximum atomic E-state index is 14.0. The number of benzene rings is 1. The average molecular weight is 608 g/mol. The summed E-state index contributed by atoms with van der Waals surface area (Å²) in [4.78, 5) is 40.0. The Labute approximate surface area is 243 Å². The molecule has 9 nitrogen and oxygen atoms in total. The van der Waals surface area contributed by atoms with E-state index in [2.05, 4.69) is 0 Å². The molecule has 1 fully saturated rings. The second-order valence-electron chi connectivity index (χ2n) is 10.8. The Morgan fingerprint density at radius 1 is 1.21 bits per heavy atom. The summed E-state index contributed by atoms with van der Waals surface area (Å²) < 4.78 is 55.4. The fourth-order valence-electron chi connectivity index (χ4n) is 5.28. The number of nitrogens with zero attached hydrogens (tertiary/aromatic N) is 3. The van der Waals surface area contributed by atoms with Crippen molar-refractivity contribution in [1.29, 1.82) is 5.26 Å². The molecular weight excluding hydrogens is 575 g/mol. The van der Waals surface area contributed by atoms with Gasteiger partial charge < -0.3 is 14.6 Å². The lowest BCUT2D eigenvalue weighted by Crippen LogP contribution is -2.52. The summed E-state index contributed by atoms with van der Waals surface area (Å²) >= 11 is 0.886. The van der Waals surface area contributed by atoms with Crippen molar-refractivity contribution >= 4 is 27.5 Å². The van der Waals surface area contributed by atoms with Gasteiger partial charge in [-0.25, -0.2) is 14.2 Å². The first kappa shape index (κ1) is 31.3. The molecule has 1 aromatic carbocycles. The van der Waals surface area contributed by atoms with Gasteiger partial charge in [0.15, 0.2) is 0 Å². The predicted molar refractivity (Wildman–Crippen MR) is 150 cm³/mol. The lowest BCUT2D eigenvalue weighted by atomic mass is 9.97. The van der Waals surface area contributed by atoms with Crippen LogP contribution in [0.15, 0.2) is 27.8 Å². The third-order valence-corrected chi connectivity index (χ3v) is 8.86. The molecule has 0 radical (unpaired) electrons. The highest BCUT2D eigenvalue weighted by Gasteiger charge is 2.37. The Bertz CT molecular complexity index is 1660. The number of hydrogen-bond acceptors (Lipinski definition) is 7. The molecule has 1 N–H and O–H groups in total. The lowest BCUT2D eigenvalue weighted by Gasteiger charge is -2.30. The smallest absolute Gasteiger partial charge is 0.416 e. The highest BCUT2D eigenvalue weighted by atomic mass is 32.1. The van der Waals surface area contributed by atoms with Crippen LogP contribution in [0.4, 0.5) is 13.2 Å². The molecule has 2 heterocycles. The summed E-state index contributed by atoms with van der Waals surface area (Å²) in [6.45, 7) is 5.43. The topological polar surface area (TPSA) is 124 Å². The molecule has 1 unspecified atom stereocenters. The zero-order valence-corrected chi connectivity index (χ0v) is 24.5. The van der Waals surface area contributed by atoms with Crippen LogP contribution in [-0.4, -0.2) is 32.9 Å². The van der Waals surface area contributed by atoms with Gasteiger partial charge in [-0.3, -0.25) is 9.36 Å². The fraction of sp³-hybridized carbons (Fsp3) is 0.517. The molecular formula is C29H32F3N3O6S. The Balaban J connectivity index is 2.02. The van der Waals surface area contributed by atoms with Gasteiger partial charge in [0, 0.05) is 5.56 Å². The second-order valence-corrected chi connectivity index (χ2v) is 11.8. The van der Waals surface area contributed by atoms with Crippen LogP contribution in [0.2, 0.25) is 0 Å².